The van der Waals surface area contributed by atoms with Gasteiger partial charge >= 0.3 is 0 Å². The summed E-state index contributed by atoms with van der Waals surface area (Å²) in [4.78, 5) is 0. The molecule has 0 amide bonds. The lowest BCUT2D eigenvalue weighted by molar-refractivity contribution is 0.293. The molecular weight excluding hydrogens is 297 g/mol. The van der Waals surface area contributed by atoms with Crippen LogP contribution in [-0.2, 0) is 5.41 Å². The Morgan fingerprint density at radius 1 is 1.44 bits per heavy atom. The number of halogens is 2. The molecular formula is C14H17BrFNO. The molecule has 1 aromatic rings. The fourth-order valence-electron chi connectivity index (χ4n) is 2.51. The summed E-state index contributed by atoms with van der Waals surface area (Å²) in [5.74, 6) is 0.570. The molecule has 0 aromatic heterocycles. The lowest BCUT2D eigenvalue weighted by Crippen LogP contribution is -2.32. The molecule has 2 N–H and O–H groups in total. The van der Waals surface area contributed by atoms with Crippen LogP contribution in [-0.4, -0.2) is 12.1 Å². The molecule has 0 spiro atoms. The van der Waals surface area contributed by atoms with Gasteiger partial charge in [-0.25, -0.2) is 4.39 Å². The number of hydrogen-bond acceptors (Lipinski definition) is 2. The largest absolute Gasteiger partial charge is 0.489 e. The molecule has 2 nitrogen and oxygen atoms in total. The predicted octanol–water partition coefficient (Wildman–Crippen LogP) is 3.51. The van der Waals surface area contributed by atoms with E-state index in [0.29, 0.717) is 10.6 Å². The third-order valence-corrected chi connectivity index (χ3v) is 4.60. The molecule has 98 valence electrons. The fourth-order valence-corrected chi connectivity index (χ4v) is 3.03. The molecule has 1 unspecified atom stereocenters. The SMILES string of the molecule is CC(N)C1(c2cc(F)cc(Br)c2OC2CC2)CC1. The van der Waals surface area contributed by atoms with E-state index in [1.54, 1.807) is 6.07 Å². The highest BCUT2D eigenvalue weighted by molar-refractivity contribution is 9.10. The van der Waals surface area contributed by atoms with Crippen LogP contribution in [0.2, 0.25) is 0 Å². The molecule has 0 radical (unpaired) electrons. The predicted molar refractivity (Wildman–Crippen MR) is 72.3 cm³/mol. The molecule has 2 fully saturated rings. The quantitative estimate of drug-likeness (QED) is 0.923. The Morgan fingerprint density at radius 2 is 2.11 bits per heavy atom. The maximum Gasteiger partial charge on any atom is 0.137 e. The topological polar surface area (TPSA) is 35.2 Å². The molecule has 0 heterocycles. The minimum atomic E-state index is -0.230. The first kappa shape index (κ1) is 12.4. The number of benzene rings is 1. The maximum absolute atomic E-state index is 13.7. The van der Waals surface area contributed by atoms with Crippen molar-refractivity contribution in [3.63, 3.8) is 0 Å². The van der Waals surface area contributed by atoms with Gasteiger partial charge in [0.15, 0.2) is 0 Å². The Bertz CT molecular complexity index is 481. The molecule has 18 heavy (non-hydrogen) atoms. The van der Waals surface area contributed by atoms with E-state index >= 15 is 0 Å². The van der Waals surface area contributed by atoms with Crippen LogP contribution in [0.1, 0.15) is 38.2 Å². The van der Waals surface area contributed by atoms with Crippen LogP contribution < -0.4 is 10.5 Å². The Balaban J connectivity index is 2.05. The van der Waals surface area contributed by atoms with Crippen LogP contribution in [0.3, 0.4) is 0 Å². The second-order valence-electron chi connectivity index (χ2n) is 5.53. The van der Waals surface area contributed by atoms with Crippen molar-refractivity contribution in [1.82, 2.24) is 0 Å². The van der Waals surface area contributed by atoms with Crippen molar-refractivity contribution in [3.8, 4) is 5.75 Å². The minimum Gasteiger partial charge on any atom is -0.489 e. The van der Waals surface area contributed by atoms with Crippen LogP contribution in [0, 0.1) is 5.82 Å². The van der Waals surface area contributed by atoms with Crippen molar-refractivity contribution < 1.29 is 9.13 Å². The van der Waals surface area contributed by atoms with Gasteiger partial charge in [-0.3, -0.25) is 0 Å². The van der Waals surface area contributed by atoms with Crippen molar-refractivity contribution in [2.24, 2.45) is 5.73 Å². The maximum atomic E-state index is 13.7. The molecule has 1 atom stereocenters. The summed E-state index contributed by atoms with van der Waals surface area (Å²) >= 11 is 3.42. The van der Waals surface area contributed by atoms with Crippen LogP contribution >= 0.6 is 15.9 Å². The van der Waals surface area contributed by atoms with Gasteiger partial charge in [-0.15, -0.1) is 0 Å². The Kier molecular flexibility index (Phi) is 2.90. The first-order valence-electron chi connectivity index (χ1n) is 6.45. The molecule has 4 heteroatoms. The van der Waals surface area contributed by atoms with E-state index in [0.717, 1.165) is 37.0 Å². The zero-order valence-electron chi connectivity index (χ0n) is 10.4. The van der Waals surface area contributed by atoms with Crippen molar-refractivity contribution in [3.05, 3.63) is 28.0 Å². The number of hydrogen-bond donors (Lipinski definition) is 1. The third kappa shape index (κ3) is 2.05. The van der Waals surface area contributed by atoms with E-state index in [2.05, 4.69) is 15.9 Å². The fraction of sp³-hybridized carbons (Fsp3) is 0.571. The first-order valence-corrected chi connectivity index (χ1v) is 7.24. The summed E-state index contributed by atoms with van der Waals surface area (Å²) in [7, 11) is 0. The molecule has 0 aliphatic heterocycles. The number of rotatable bonds is 4. The van der Waals surface area contributed by atoms with E-state index in [-0.39, 0.29) is 17.3 Å². The molecule has 0 bridgehead atoms. The Morgan fingerprint density at radius 3 is 2.61 bits per heavy atom. The van der Waals surface area contributed by atoms with Crippen LogP contribution in [0.15, 0.2) is 16.6 Å². The normalized spacial score (nSPS) is 22.7. The molecule has 2 saturated carbocycles. The summed E-state index contributed by atoms with van der Waals surface area (Å²) in [6.07, 6.45) is 4.51. The summed E-state index contributed by atoms with van der Waals surface area (Å²) in [6, 6.07) is 3.09. The van der Waals surface area contributed by atoms with Gasteiger partial charge in [-0.1, -0.05) is 0 Å². The van der Waals surface area contributed by atoms with Crippen LogP contribution in [0.5, 0.6) is 5.75 Å². The standard InChI is InChI=1S/C14H17BrFNO/c1-8(17)14(4-5-14)11-6-9(16)7-12(15)13(11)18-10-2-3-10/h6-8,10H,2-5,17H2,1H3. The monoisotopic (exact) mass is 313 g/mol. The van der Waals surface area contributed by atoms with Gasteiger partial charge in [-0.05, 0) is 60.7 Å². The molecule has 2 aliphatic carbocycles. The Labute approximate surface area is 115 Å². The van der Waals surface area contributed by atoms with Crippen LogP contribution in [0.25, 0.3) is 0 Å². The average molecular weight is 314 g/mol. The van der Waals surface area contributed by atoms with Crippen molar-refractivity contribution in [1.29, 1.82) is 0 Å². The first-order chi connectivity index (χ1) is 8.53. The van der Waals surface area contributed by atoms with Gasteiger partial charge in [0.1, 0.15) is 11.6 Å². The van der Waals surface area contributed by atoms with Gasteiger partial charge in [0.2, 0.25) is 0 Å². The van der Waals surface area contributed by atoms with Crippen molar-refractivity contribution in [2.45, 2.75) is 50.2 Å². The highest BCUT2D eigenvalue weighted by atomic mass is 79.9. The van der Waals surface area contributed by atoms with Gasteiger partial charge in [-0.2, -0.15) is 0 Å². The number of nitrogens with two attached hydrogens (primary N) is 1. The number of ether oxygens (including phenoxy) is 1. The van der Waals surface area contributed by atoms with E-state index < -0.39 is 0 Å². The van der Waals surface area contributed by atoms with Crippen molar-refractivity contribution >= 4 is 15.9 Å². The minimum absolute atomic E-state index is 0.0211. The summed E-state index contributed by atoms with van der Waals surface area (Å²) in [5, 5.41) is 0. The van der Waals surface area contributed by atoms with Gasteiger partial charge < -0.3 is 10.5 Å². The van der Waals surface area contributed by atoms with E-state index in [4.69, 9.17) is 10.5 Å². The lowest BCUT2D eigenvalue weighted by atomic mass is 9.88. The second kappa shape index (κ2) is 4.20. The third-order valence-electron chi connectivity index (χ3n) is 4.01. The van der Waals surface area contributed by atoms with Crippen LogP contribution in [0.4, 0.5) is 4.39 Å². The summed E-state index contributed by atoms with van der Waals surface area (Å²) in [5.41, 5.74) is 6.94. The summed E-state index contributed by atoms with van der Waals surface area (Å²) < 4.78 is 20.3. The zero-order chi connectivity index (χ0) is 12.9. The van der Waals surface area contributed by atoms with E-state index in [1.807, 2.05) is 6.92 Å². The molecule has 2 aliphatic rings. The highest BCUT2D eigenvalue weighted by Crippen LogP contribution is 2.55. The molecule has 0 saturated heterocycles. The average Bonchev–Trinajstić information content (AvgIpc) is 3.13. The van der Waals surface area contributed by atoms with Gasteiger partial charge in [0.05, 0.1) is 10.6 Å². The van der Waals surface area contributed by atoms with Gasteiger partial charge in [0.25, 0.3) is 0 Å². The molecule has 1 aromatic carbocycles. The lowest BCUT2D eigenvalue weighted by Gasteiger charge is -2.24. The summed E-state index contributed by atoms with van der Waals surface area (Å²) in [6.45, 7) is 1.99. The second-order valence-corrected chi connectivity index (χ2v) is 6.38. The highest BCUT2D eigenvalue weighted by Gasteiger charge is 2.50. The molecule has 3 rings (SSSR count). The van der Waals surface area contributed by atoms with E-state index in [1.165, 1.54) is 6.07 Å². The smallest absolute Gasteiger partial charge is 0.137 e. The van der Waals surface area contributed by atoms with Crippen molar-refractivity contribution in [2.75, 3.05) is 0 Å². The Hall–Kier alpha value is -0.610. The zero-order valence-corrected chi connectivity index (χ0v) is 12.0. The van der Waals surface area contributed by atoms with E-state index in [9.17, 15) is 4.39 Å². The van der Waals surface area contributed by atoms with Gasteiger partial charge in [0, 0.05) is 17.0 Å².